The molecule has 0 spiro atoms. The first kappa shape index (κ1) is 15.5. The Hall–Kier alpha value is -0.890. The van der Waals surface area contributed by atoms with Crippen molar-refractivity contribution in [3.63, 3.8) is 0 Å². The fourth-order valence-electron chi connectivity index (χ4n) is 1.40. The Balaban J connectivity index is 2.37. The number of benzene rings is 1. The van der Waals surface area contributed by atoms with Crippen molar-refractivity contribution in [3.8, 4) is 0 Å². The maximum absolute atomic E-state index is 12.2. The molecule has 5 nitrogen and oxygen atoms in total. The van der Waals surface area contributed by atoms with E-state index in [9.17, 15) is 8.42 Å². The number of nitrogens with zero attached hydrogens (tertiary/aromatic N) is 2. The van der Waals surface area contributed by atoms with E-state index in [1.54, 1.807) is 6.92 Å². The summed E-state index contributed by atoms with van der Waals surface area (Å²) in [5, 5.41) is 0.575. The van der Waals surface area contributed by atoms with Crippen LogP contribution in [0.1, 0.15) is 5.69 Å². The second kappa shape index (κ2) is 5.85. The maximum atomic E-state index is 12.2. The number of anilines is 1. The summed E-state index contributed by atoms with van der Waals surface area (Å²) in [6.45, 7) is 1.68. The summed E-state index contributed by atoms with van der Waals surface area (Å²) < 4.78 is 27.1. The molecule has 0 aliphatic carbocycles. The Bertz CT molecular complexity index is 748. The number of aromatic nitrogens is 2. The SMILES string of the molecule is Cc1cc(Cl)nc(NS(=O)(=O)c2ccc(Cl)c(Br)c2)n1. The summed E-state index contributed by atoms with van der Waals surface area (Å²) in [6, 6.07) is 5.78. The van der Waals surface area contributed by atoms with E-state index in [-0.39, 0.29) is 16.0 Å². The molecule has 2 rings (SSSR count). The summed E-state index contributed by atoms with van der Waals surface area (Å²) in [5.74, 6) is -0.0823. The number of nitrogens with one attached hydrogen (secondary N) is 1. The molecule has 1 N–H and O–H groups in total. The van der Waals surface area contributed by atoms with Crippen LogP contribution in [0.3, 0.4) is 0 Å². The van der Waals surface area contributed by atoms with Crippen LogP contribution in [0.5, 0.6) is 0 Å². The third-order valence-electron chi connectivity index (χ3n) is 2.25. The van der Waals surface area contributed by atoms with Crippen LogP contribution in [0.25, 0.3) is 0 Å². The summed E-state index contributed by atoms with van der Waals surface area (Å²) in [7, 11) is -3.81. The highest BCUT2D eigenvalue weighted by Gasteiger charge is 2.17. The van der Waals surface area contributed by atoms with Gasteiger partial charge in [0.05, 0.1) is 9.92 Å². The van der Waals surface area contributed by atoms with Gasteiger partial charge in [-0.05, 0) is 47.1 Å². The molecule has 106 valence electrons. The van der Waals surface area contributed by atoms with Gasteiger partial charge in [-0.25, -0.2) is 23.1 Å². The smallest absolute Gasteiger partial charge is 0.247 e. The average molecular weight is 397 g/mol. The number of rotatable bonds is 3. The first-order chi connectivity index (χ1) is 9.28. The van der Waals surface area contributed by atoms with E-state index in [1.165, 1.54) is 24.3 Å². The minimum atomic E-state index is -3.81. The number of hydrogen-bond donors (Lipinski definition) is 1. The lowest BCUT2D eigenvalue weighted by molar-refractivity contribution is 0.600. The van der Waals surface area contributed by atoms with Crippen LogP contribution in [0.15, 0.2) is 33.6 Å². The van der Waals surface area contributed by atoms with Gasteiger partial charge in [-0.2, -0.15) is 0 Å². The summed E-state index contributed by atoms with van der Waals surface area (Å²) in [5.41, 5.74) is 0.556. The zero-order chi connectivity index (χ0) is 14.9. The molecule has 0 fully saturated rings. The molecule has 1 heterocycles. The average Bonchev–Trinajstić information content (AvgIpc) is 2.30. The number of aryl methyl sites for hydroxylation is 1. The van der Waals surface area contributed by atoms with Crippen molar-refractivity contribution in [3.05, 3.63) is 44.6 Å². The van der Waals surface area contributed by atoms with E-state index >= 15 is 0 Å². The lowest BCUT2D eigenvalue weighted by atomic mass is 10.4. The summed E-state index contributed by atoms with van der Waals surface area (Å²) >= 11 is 14.8. The molecule has 1 aromatic carbocycles. The fraction of sp³-hybridized carbons (Fsp3) is 0.0909. The molecule has 0 bridgehead atoms. The Kier molecular flexibility index (Phi) is 4.53. The van der Waals surface area contributed by atoms with E-state index in [1.807, 2.05) is 0 Å². The number of halogens is 3. The van der Waals surface area contributed by atoms with Crippen molar-refractivity contribution in [2.75, 3.05) is 4.72 Å². The predicted octanol–water partition coefficient (Wildman–Crippen LogP) is 3.66. The minimum Gasteiger partial charge on any atom is -0.247 e. The highest BCUT2D eigenvalue weighted by molar-refractivity contribution is 9.10. The normalized spacial score (nSPS) is 11.4. The van der Waals surface area contributed by atoms with Crippen molar-refractivity contribution < 1.29 is 8.42 Å². The number of hydrogen-bond acceptors (Lipinski definition) is 4. The monoisotopic (exact) mass is 395 g/mol. The van der Waals surface area contributed by atoms with E-state index in [2.05, 4.69) is 30.6 Å². The van der Waals surface area contributed by atoms with Gasteiger partial charge in [0, 0.05) is 10.2 Å². The van der Waals surface area contributed by atoms with E-state index in [0.29, 0.717) is 15.2 Å². The van der Waals surface area contributed by atoms with Gasteiger partial charge >= 0.3 is 0 Å². The van der Waals surface area contributed by atoms with Crippen molar-refractivity contribution >= 4 is 55.1 Å². The highest BCUT2D eigenvalue weighted by atomic mass is 79.9. The molecular weight excluding hydrogens is 389 g/mol. The lowest BCUT2D eigenvalue weighted by Crippen LogP contribution is -2.15. The molecule has 20 heavy (non-hydrogen) atoms. The predicted molar refractivity (Wildman–Crippen MR) is 81.7 cm³/mol. The fourth-order valence-corrected chi connectivity index (χ4v) is 3.25. The van der Waals surface area contributed by atoms with Gasteiger partial charge < -0.3 is 0 Å². The molecule has 1 aromatic heterocycles. The topological polar surface area (TPSA) is 72.0 Å². The third-order valence-corrected chi connectivity index (χ3v) is 4.98. The van der Waals surface area contributed by atoms with Crippen LogP contribution < -0.4 is 4.72 Å². The molecule has 0 radical (unpaired) electrons. The highest BCUT2D eigenvalue weighted by Crippen LogP contribution is 2.26. The molecule has 9 heteroatoms. The standard InChI is InChI=1S/C11H8BrCl2N3O2S/c1-6-4-10(14)16-11(15-6)17-20(18,19)7-2-3-9(13)8(12)5-7/h2-5H,1H3,(H,15,16,17). The zero-order valence-corrected chi connectivity index (χ0v) is 14.0. The quantitative estimate of drug-likeness (QED) is 0.803. The molecule has 0 saturated carbocycles. The van der Waals surface area contributed by atoms with Gasteiger partial charge in [-0.1, -0.05) is 23.2 Å². The van der Waals surface area contributed by atoms with Crippen molar-refractivity contribution in [1.29, 1.82) is 0 Å². The molecule has 0 aliphatic heterocycles. The van der Waals surface area contributed by atoms with Crippen molar-refractivity contribution in [2.24, 2.45) is 0 Å². The van der Waals surface area contributed by atoms with E-state index < -0.39 is 10.0 Å². The molecule has 0 aliphatic rings. The van der Waals surface area contributed by atoms with Gasteiger partial charge in [-0.3, -0.25) is 0 Å². The molecule has 2 aromatic rings. The molecule has 0 unspecified atom stereocenters. The van der Waals surface area contributed by atoms with Crippen LogP contribution in [-0.4, -0.2) is 18.4 Å². The number of sulfonamides is 1. The first-order valence-corrected chi connectivity index (χ1v) is 8.30. The van der Waals surface area contributed by atoms with Crippen LogP contribution in [0.4, 0.5) is 5.95 Å². The minimum absolute atomic E-state index is 0.0370. The summed E-state index contributed by atoms with van der Waals surface area (Å²) in [6.07, 6.45) is 0. The largest absolute Gasteiger partial charge is 0.264 e. The van der Waals surface area contributed by atoms with Crippen LogP contribution >= 0.6 is 39.1 Å². The second-order valence-corrected chi connectivity index (χ2v) is 7.17. The van der Waals surface area contributed by atoms with Crippen LogP contribution in [0.2, 0.25) is 10.2 Å². The van der Waals surface area contributed by atoms with Crippen LogP contribution in [0, 0.1) is 6.92 Å². The molecule has 0 atom stereocenters. The van der Waals surface area contributed by atoms with Gasteiger partial charge in [0.15, 0.2) is 0 Å². The van der Waals surface area contributed by atoms with Crippen molar-refractivity contribution in [2.45, 2.75) is 11.8 Å². The van der Waals surface area contributed by atoms with Gasteiger partial charge in [0.2, 0.25) is 5.95 Å². The zero-order valence-electron chi connectivity index (χ0n) is 10.1. The second-order valence-electron chi connectivity index (χ2n) is 3.84. The van der Waals surface area contributed by atoms with E-state index in [4.69, 9.17) is 23.2 Å². The van der Waals surface area contributed by atoms with Gasteiger partial charge in [0.25, 0.3) is 10.0 Å². The Morgan fingerprint density at radius 2 is 1.90 bits per heavy atom. The maximum Gasteiger partial charge on any atom is 0.264 e. The van der Waals surface area contributed by atoms with Gasteiger partial charge in [-0.15, -0.1) is 0 Å². The van der Waals surface area contributed by atoms with E-state index in [0.717, 1.165) is 0 Å². The molecule has 0 amide bonds. The third kappa shape index (κ3) is 3.60. The van der Waals surface area contributed by atoms with Crippen LogP contribution in [-0.2, 0) is 10.0 Å². The molecule has 0 saturated heterocycles. The lowest BCUT2D eigenvalue weighted by Gasteiger charge is -2.08. The Labute approximate surface area is 134 Å². The van der Waals surface area contributed by atoms with Crippen molar-refractivity contribution in [1.82, 2.24) is 9.97 Å². The Morgan fingerprint density at radius 3 is 2.50 bits per heavy atom. The first-order valence-electron chi connectivity index (χ1n) is 5.27. The van der Waals surface area contributed by atoms with Gasteiger partial charge in [0.1, 0.15) is 5.15 Å². The summed E-state index contributed by atoms with van der Waals surface area (Å²) in [4.78, 5) is 7.81. The Morgan fingerprint density at radius 1 is 1.20 bits per heavy atom. The molecular formula is C11H8BrCl2N3O2S.